The minimum absolute atomic E-state index is 0.341. The van der Waals surface area contributed by atoms with E-state index in [1.807, 2.05) is 0 Å². The molecule has 122 valence electrons. The van der Waals surface area contributed by atoms with Gasteiger partial charge in [0.2, 0.25) is 0 Å². The van der Waals surface area contributed by atoms with Crippen molar-refractivity contribution in [3.05, 3.63) is 29.8 Å². The largest absolute Gasteiger partial charge is 0.396 e. The molecule has 2 heterocycles. The molecule has 3 rings (SSSR count). The van der Waals surface area contributed by atoms with Crippen LogP contribution in [-0.2, 0) is 11.3 Å². The van der Waals surface area contributed by atoms with E-state index in [2.05, 4.69) is 34.5 Å². The Balaban J connectivity index is 1.59. The second-order valence-electron chi connectivity index (χ2n) is 6.62. The number of nitrogens with zero attached hydrogens (tertiary/aromatic N) is 1. The molecule has 4 nitrogen and oxygen atoms in total. The van der Waals surface area contributed by atoms with E-state index in [4.69, 9.17) is 4.74 Å². The van der Waals surface area contributed by atoms with E-state index in [0.29, 0.717) is 18.6 Å². The van der Waals surface area contributed by atoms with Crippen LogP contribution in [0.2, 0.25) is 0 Å². The van der Waals surface area contributed by atoms with Gasteiger partial charge in [-0.05, 0) is 56.3 Å². The van der Waals surface area contributed by atoms with E-state index in [9.17, 15) is 5.11 Å². The van der Waals surface area contributed by atoms with Gasteiger partial charge in [0.1, 0.15) is 0 Å². The number of para-hydroxylation sites is 1. The summed E-state index contributed by atoms with van der Waals surface area (Å²) in [5, 5.41) is 12.9. The van der Waals surface area contributed by atoms with Crippen molar-refractivity contribution in [3.8, 4) is 0 Å². The molecule has 0 bridgehead atoms. The van der Waals surface area contributed by atoms with Crippen LogP contribution in [-0.4, -0.2) is 49.0 Å². The number of benzene rings is 1. The fourth-order valence-corrected chi connectivity index (χ4v) is 3.44. The highest BCUT2D eigenvalue weighted by Gasteiger charge is 2.20. The molecular formula is C18H28N2O2. The highest BCUT2D eigenvalue weighted by Crippen LogP contribution is 2.23. The Morgan fingerprint density at radius 2 is 2.00 bits per heavy atom. The van der Waals surface area contributed by atoms with E-state index < -0.39 is 0 Å². The quantitative estimate of drug-likeness (QED) is 0.877. The monoisotopic (exact) mass is 304 g/mol. The van der Waals surface area contributed by atoms with Gasteiger partial charge >= 0.3 is 0 Å². The molecule has 2 aliphatic rings. The fourth-order valence-electron chi connectivity index (χ4n) is 3.44. The summed E-state index contributed by atoms with van der Waals surface area (Å²) < 4.78 is 5.57. The molecule has 1 aromatic carbocycles. The highest BCUT2D eigenvalue weighted by atomic mass is 16.5. The first-order valence-corrected chi connectivity index (χ1v) is 8.60. The first-order valence-electron chi connectivity index (χ1n) is 8.60. The van der Waals surface area contributed by atoms with E-state index in [0.717, 1.165) is 52.1 Å². The van der Waals surface area contributed by atoms with Gasteiger partial charge in [-0.2, -0.15) is 0 Å². The molecule has 2 aliphatic heterocycles. The van der Waals surface area contributed by atoms with Crippen molar-refractivity contribution < 1.29 is 9.84 Å². The van der Waals surface area contributed by atoms with Gasteiger partial charge in [0.15, 0.2) is 0 Å². The Morgan fingerprint density at radius 3 is 2.73 bits per heavy atom. The normalized spacial score (nSPS) is 24.3. The third-order valence-electron chi connectivity index (χ3n) is 4.90. The Morgan fingerprint density at radius 1 is 1.18 bits per heavy atom. The molecule has 1 aromatic rings. The number of anilines is 1. The standard InChI is InChI=1S/C18H28N2O2/c21-13-15-7-9-20(10-8-15)12-16-4-1-2-6-18(16)19-17-5-3-11-22-14-17/h1-2,4,6,15,17,19,21H,3,5,7-14H2. The lowest BCUT2D eigenvalue weighted by molar-refractivity contribution is 0.0875. The Kier molecular flexibility index (Phi) is 5.70. The maximum absolute atomic E-state index is 9.25. The Labute approximate surface area is 133 Å². The molecule has 1 atom stereocenters. The second kappa shape index (κ2) is 7.95. The van der Waals surface area contributed by atoms with E-state index >= 15 is 0 Å². The zero-order chi connectivity index (χ0) is 15.2. The van der Waals surface area contributed by atoms with E-state index in [1.165, 1.54) is 17.7 Å². The average Bonchev–Trinajstić information content (AvgIpc) is 2.58. The van der Waals surface area contributed by atoms with Crippen LogP contribution in [0.25, 0.3) is 0 Å². The van der Waals surface area contributed by atoms with Crippen molar-refractivity contribution in [1.82, 2.24) is 4.90 Å². The van der Waals surface area contributed by atoms with Crippen molar-refractivity contribution in [3.63, 3.8) is 0 Å². The van der Waals surface area contributed by atoms with Crippen molar-refractivity contribution in [2.24, 2.45) is 5.92 Å². The molecule has 0 aromatic heterocycles. The summed E-state index contributed by atoms with van der Waals surface area (Å²) in [6, 6.07) is 9.08. The summed E-state index contributed by atoms with van der Waals surface area (Å²) >= 11 is 0. The molecule has 0 radical (unpaired) electrons. The van der Waals surface area contributed by atoms with E-state index in [-0.39, 0.29) is 0 Å². The van der Waals surface area contributed by atoms with Crippen LogP contribution in [0.15, 0.2) is 24.3 Å². The van der Waals surface area contributed by atoms with Crippen LogP contribution in [0.3, 0.4) is 0 Å². The van der Waals surface area contributed by atoms with Crippen molar-refractivity contribution >= 4 is 5.69 Å². The Bertz CT molecular complexity index is 452. The second-order valence-corrected chi connectivity index (χ2v) is 6.62. The molecule has 0 spiro atoms. The topological polar surface area (TPSA) is 44.7 Å². The van der Waals surface area contributed by atoms with Gasteiger partial charge in [-0.25, -0.2) is 0 Å². The number of likely N-dealkylation sites (tertiary alicyclic amines) is 1. The smallest absolute Gasteiger partial charge is 0.0667 e. The van der Waals surface area contributed by atoms with Gasteiger partial charge in [-0.3, -0.25) is 4.90 Å². The Hall–Kier alpha value is -1.10. The average molecular weight is 304 g/mol. The molecule has 0 saturated carbocycles. The van der Waals surface area contributed by atoms with Crippen LogP contribution in [0.4, 0.5) is 5.69 Å². The fraction of sp³-hybridized carbons (Fsp3) is 0.667. The zero-order valence-corrected chi connectivity index (χ0v) is 13.3. The van der Waals surface area contributed by atoms with Crippen LogP contribution in [0.1, 0.15) is 31.2 Å². The maximum atomic E-state index is 9.25. The van der Waals surface area contributed by atoms with Crippen LogP contribution in [0.5, 0.6) is 0 Å². The van der Waals surface area contributed by atoms with Crippen LogP contribution in [0, 0.1) is 5.92 Å². The molecule has 22 heavy (non-hydrogen) atoms. The summed E-state index contributed by atoms with van der Waals surface area (Å²) in [6.45, 7) is 5.23. The number of hydrogen-bond donors (Lipinski definition) is 2. The lowest BCUT2D eigenvalue weighted by Gasteiger charge is -2.32. The summed E-state index contributed by atoms with van der Waals surface area (Å²) in [4.78, 5) is 2.50. The first-order chi connectivity index (χ1) is 10.8. The minimum Gasteiger partial charge on any atom is -0.396 e. The summed E-state index contributed by atoms with van der Waals surface area (Å²) in [7, 11) is 0. The van der Waals surface area contributed by atoms with Gasteiger partial charge in [-0.1, -0.05) is 18.2 Å². The number of aliphatic hydroxyl groups is 1. The number of rotatable bonds is 5. The lowest BCUT2D eigenvalue weighted by atomic mass is 9.97. The molecule has 2 fully saturated rings. The maximum Gasteiger partial charge on any atom is 0.0667 e. The van der Waals surface area contributed by atoms with Crippen molar-refractivity contribution in [2.45, 2.75) is 38.3 Å². The van der Waals surface area contributed by atoms with Crippen molar-refractivity contribution in [1.29, 1.82) is 0 Å². The molecule has 0 amide bonds. The lowest BCUT2D eigenvalue weighted by Crippen LogP contribution is -2.35. The van der Waals surface area contributed by atoms with Crippen LogP contribution < -0.4 is 5.32 Å². The number of ether oxygens (including phenoxy) is 1. The number of piperidine rings is 1. The molecule has 4 heteroatoms. The number of nitrogens with one attached hydrogen (secondary N) is 1. The summed E-state index contributed by atoms with van der Waals surface area (Å²) in [6.07, 6.45) is 4.57. The van der Waals surface area contributed by atoms with Gasteiger partial charge in [0, 0.05) is 31.5 Å². The third kappa shape index (κ3) is 4.22. The van der Waals surface area contributed by atoms with Gasteiger partial charge in [-0.15, -0.1) is 0 Å². The predicted molar refractivity (Wildman–Crippen MR) is 89.0 cm³/mol. The highest BCUT2D eigenvalue weighted by molar-refractivity contribution is 5.51. The molecular weight excluding hydrogens is 276 g/mol. The van der Waals surface area contributed by atoms with Crippen molar-refractivity contribution in [2.75, 3.05) is 38.2 Å². The van der Waals surface area contributed by atoms with Gasteiger partial charge in [0.25, 0.3) is 0 Å². The van der Waals surface area contributed by atoms with Crippen LogP contribution >= 0.6 is 0 Å². The summed E-state index contributed by atoms with van der Waals surface area (Å²) in [5.74, 6) is 0.504. The number of aliphatic hydroxyl groups excluding tert-OH is 1. The zero-order valence-electron chi connectivity index (χ0n) is 13.3. The molecule has 1 unspecified atom stereocenters. The third-order valence-corrected chi connectivity index (χ3v) is 4.90. The predicted octanol–water partition coefficient (Wildman–Crippen LogP) is 2.48. The molecule has 2 saturated heterocycles. The SMILES string of the molecule is OCC1CCN(Cc2ccccc2NC2CCCOC2)CC1. The number of hydrogen-bond acceptors (Lipinski definition) is 4. The summed E-state index contributed by atoms with van der Waals surface area (Å²) in [5.41, 5.74) is 2.62. The van der Waals surface area contributed by atoms with Gasteiger partial charge in [0.05, 0.1) is 6.61 Å². The molecule has 2 N–H and O–H groups in total. The minimum atomic E-state index is 0.341. The van der Waals surface area contributed by atoms with Gasteiger partial charge < -0.3 is 15.2 Å². The first kappa shape index (κ1) is 15.8. The van der Waals surface area contributed by atoms with E-state index in [1.54, 1.807) is 0 Å². The molecule has 0 aliphatic carbocycles.